The molecule has 19 heavy (non-hydrogen) atoms. The molecule has 6 heteroatoms. The molecule has 0 spiro atoms. The van der Waals surface area contributed by atoms with Crippen molar-refractivity contribution in [1.82, 2.24) is 15.2 Å². The number of nitrogens with one attached hydrogen (secondary N) is 1. The SMILES string of the molecule is CCc1nc(SC(C)C(=O)c2ccc(Br)cc2)n[nH]1. The van der Waals surface area contributed by atoms with E-state index >= 15 is 0 Å². The van der Waals surface area contributed by atoms with Crippen LogP contribution in [-0.4, -0.2) is 26.2 Å². The second-order valence-corrected chi connectivity index (χ2v) is 6.27. The van der Waals surface area contributed by atoms with Crippen LogP contribution in [0.25, 0.3) is 0 Å². The van der Waals surface area contributed by atoms with E-state index in [1.54, 1.807) is 0 Å². The number of aryl methyl sites for hydroxylation is 1. The predicted molar refractivity (Wildman–Crippen MR) is 79.6 cm³/mol. The van der Waals surface area contributed by atoms with Crippen molar-refractivity contribution in [3.8, 4) is 0 Å². The van der Waals surface area contributed by atoms with Gasteiger partial charge in [0.1, 0.15) is 5.82 Å². The van der Waals surface area contributed by atoms with Crippen LogP contribution in [0.1, 0.15) is 30.0 Å². The lowest BCUT2D eigenvalue weighted by molar-refractivity contribution is 0.0994. The second kappa shape index (κ2) is 6.34. The van der Waals surface area contributed by atoms with Gasteiger partial charge in [-0.1, -0.05) is 46.7 Å². The summed E-state index contributed by atoms with van der Waals surface area (Å²) in [6.07, 6.45) is 0.808. The Labute approximate surface area is 124 Å². The maximum Gasteiger partial charge on any atom is 0.209 e. The highest BCUT2D eigenvalue weighted by Gasteiger charge is 2.18. The molecule has 4 nitrogen and oxygen atoms in total. The summed E-state index contributed by atoms with van der Waals surface area (Å²) < 4.78 is 0.964. The van der Waals surface area contributed by atoms with Crippen molar-refractivity contribution in [3.05, 3.63) is 40.1 Å². The molecule has 2 rings (SSSR count). The van der Waals surface area contributed by atoms with Gasteiger partial charge >= 0.3 is 0 Å². The van der Waals surface area contributed by atoms with Crippen LogP contribution in [0, 0.1) is 0 Å². The number of carbonyl (C=O) groups is 1. The Morgan fingerprint density at radius 3 is 2.68 bits per heavy atom. The van der Waals surface area contributed by atoms with Gasteiger partial charge in [-0.05, 0) is 19.1 Å². The van der Waals surface area contributed by atoms with E-state index in [2.05, 4.69) is 31.1 Å². The summed E-state index contributed by atoms with van der Waals surface area (Å²) >= 11 is 4.73. The zero-order chi connectivity index (χ0) is 13.8. The van der Waals surface area contributed by atoms with Gasteiger partial charge in [-0.3, -0.25) is 9.89 Å². The van der Waals surface area contributed by atoms with E-state index in [0.29, 0.717) is 10.7 Å². The van der Waals surface area contributed by atoms with E-state index in [9.17, 15) is 4.79 Å². The van der Waals surface area contributed by atoms with Crippen molar-refractivity contribution < 1.29 is 4.79 Å². The zero-order valence-corrected chi connectivity index (χ0v) is 13.1. The largest absolute Gasteiger partial charge is 0.293 e. The lowest BCUT2D eigenvalue weighted by atomic mass is 10.1. The molecule has 0 aliphatic carbocycles. The van der Waals surface area contributed by atoms with E-state index in [1.165, 1.54) is 11.8 Å². The molecule has 1 atom stereocenters. The van der Waals surface area contributed by atoms with Crippen molar-refractivity contribution in [2.75, 3.05) is 0 Å². The van der Waals surface area contributed by atoms with Gasteiger partial charge in [0.05, 0.1) is 5.25 Å². The third kappa shape index (κ3) is 3.67. The molecular weight excluding hydrogens is 326 g/mol. The third-order valence-corrected chi connectivity index (χ3v) is 4.12. The molecule has 100 valence electrons. The Morgan fingerprint density at radius 2 is 2.11 bits per heavy atom. The third-order valence-electron chi connectivity index (χ3n) is 2.63. The minimum Gasteiger partial charge on any atom is -0.293 e. The second-order valence-electron chi connectivity index (χ2n) is 4.05. The topological polar surface area (TPSA) is 58.6 Å². The number of aromatic nitrogens is 3. The number of rotatable bonds is 5. The molecule has 0 saturated carbocycles. The van der Waals surface area contributed by atoms with Gasteiger partial charge in [-0.2, -0.15) is 0 Å². The number of benzene rings is 1. The number of carbonyl (C=O) groups excluding carboxylic acids is 1. The van der Waals surface area contributed by atoms with Crippen molar-refractivity contribution in [2.24, 2.45) is 0 Å². The van der Waals surface area contributed by atoms with Gasteiger partial charge in [-0.15, -0.1) is 5.10 Å². The Balaban J connectivity index is 2.04. The number of hydrogen-bond donors (Lipinski definition) is 1. The van der Waals surface area contributed by atoms with E-state index < -0.39 is 0 Å². The molecule has 0 fully saturated rings. The molecule has 1 aromatic heterocycles. The number of H-pyrrole nitrogens is 1. The maximum absolute atomic E-state index is 12.2. The quantitative estimate of drug-likeness (QED) is 0.669. The predicted octanol–water partition coefficient (Wildman–Crippen LogP) is 3.49. The summed E-state index contributed by atoms with van der Waals surface area (Å²) in [5.74, 6) is 0.922. The molecule has 0 aliphatic rings. The van der Waals surface area contributed by atoms with Crippen LogP contribution in [0.3, 0.4) is 0 Å². The zero-order valence-electron chi connectivity index (χ0n) is 10.7. The highest BCUT2D eigenvalue weighted by atomic mass is 79.9. The Kier molecular flexibility index (Phi) is 4.76. The monoisotopic (exact) mass is 339 g/mol. The molecular formula is C13H14BrN3OS. The number of hydrogen-bond acceptors (Lipinski definition) is 4. The van der Waals surface area contributed by atoms with Gasteiger partial charge < -0.3 is 0 Å². The van der Waals surface area contributed by atoms with Crippen molar-refractivity contribution >= 4 is 33.5 Å². The van der Waals surface area contributed by atoms with E-state index in [1.807, 2.05) is 38.1 Å². The fourth-order valence-electron chi connectivity index (χ4n) is 1.55. The normalized spacial score (nSPS) is 12.4. The first kappa shape index (κ1) is 14.3. The minimum atomic E-state index is -0.207. The molecule has 0 radical (unpaired) electrons. The van der Waals surface area contributed by atoms with Crippen LogP contribution in [-0.2, 0) is 6.42 Å². The molecule has 0 saturated heterocycles. The number of Topliss-reactive ketones (excluding diaryl/α,β-unsaturated/α-hetero) is 1. The molecule has 1 heterocycles. The van der Waals surface area contributed by atoms with Gasteiger partial charge in [0.2, 0.25) is 5.16 Å². The number of thioether (sulfide) groups is 1. The average Bonchev–Trinajstić information content (AvgIpc) is 2.86. The summed E-state index contributed by atoms with van der Waals surface area (Å²) in [6, 6.07) is 7.37. The first-order valence-electron chi connectivity index (χ1n) is 5.98. The Bertz CT molecular complexity index is 568. The maximum atomic E-state index is 12.2. The van der Waals surface area contributed by atoms with Crippen molar-refractivity contribution in [3.63, 3.8) is 0 Å². The first-order chi connectivity index (χ1) is 9.10. The summed E-state index contributed by atoms with van der Waals surface area (Å²) in [7, 11) is 0. The smallest absolute Gasteiger partial charge is 0.209 e. The number of halogens is 1. The van der Waals surface area contributed by atoms with Crippen molar-refractivity contribution in [1.29, 1.82) is 0 Å². The number of aromatic amines is 1. The summed E-state index contributed by atoms with van der Waals surface area (Å²) in [5, 5.41) is 7.35. The molecule has 0 amide bonds. The van der Waals surface area contributed by atoms with Crippen LogP contribution < -0.4 is 0 Å². The lowest BCUT2D eigenvalue weighted by Crippen LogP contribution is -2.13. The Morgan fingerprint density at radius 1 is 1.42 bits per heavy atom. The van der Waals surface area contributed by atoms with E-state index in [4.69, 9.17) is 0 Å². The van der Waals surface area contributed by atoms with Crippen LogP contribution in [0.5, 0.6) is 0 Å². The molecule has 1 aromatic carbocycles. The van der Waals surface area contributed by atoms with Crippen LogP contribution >= 0.6 is 27.7 Å². The molecule has 0 bridgehead atoms. The average molecular weight is 340 g/mol. The van der Waals surface area contributed by atoms with Crippen LogP contribution in [0.4, 0.5) is 0 Å². The van der Waals surface area contributed by atoms with Crippen LogP contribution in [0.15, 0.2) is 33.9 Å². The van der Waals surface area contributed by atoms with Gasteiger partial charge in [0.15, 0.2) is 5.78 Å². The van der Waals surface area contributed by atoms with Gasteiger partial charge in [-0.25, -0.2) is 4.98 Å². The van der Waals surface area contributed by atoms with E-state index in [0.717, 1.165) is 16.7 Å². The minimum absolute atomic E-state index is 0.0837. The van der Waals surface area contributed by atoms with E-state index in [-0.39, 0.29) is 11.0 Å². The molecule has 1 N–H and O–H groups in total. The van der Waals surface area contributed by atoms with Gasteiger partial charge in [0.25, 0.3) is 0 Å². The standard InChI is InChI=1S/C13H14BrN3OS/c1-3-11-15-13(17-16-11)19-8(2)12(18)9-4-6-10(14)7-5-9/h4-8H,3H2,1-2H3,(H,15,16,17). The summed E-state index contributed by atoms with van der Waals surface area (Å²) in [5.41, 5.74) is 0.703. The summed E-state index contributed by atoms with van der Waals surface area (Å²) in [4.78, 5) is 16.5. The van der Waals surface area contributed by atoms with Gasteiger partial charge in [0, 0.05) is 16.5 Å². The first-order valence-corrected chi connectivity index (χ1v) is 7.65. The number of nitrogens with zero attached hydrogens (tertiary/aromatic N) is 2. The molecule has 1 unspecified atom stereocenters. The highest BCUT2D eigenvalue weighted by Crippen LogP contribution is 2.23. The fraction of sp³-hybridized carbons (Fsp3) is 0.308. The Hall–Kier alpha value is -1.14. The molecule has 0 aliphatic heterocycles. The molecule has 2 aromatic rings. The fourth-order valence-corrected chi connectivity index (χ4v) is 2.63. The summed E-state index contributed by atoms with van der Waals surface area (Å²) in [6.45, 7) is 3.88. The number of ketones is 1. The lowest BCUT2D eigenvalue weighted by Gasteiger charge is -2.07. The van der Waals surface area contributed by atoms with Crippen LogP contribution in [0.2, 0.25) is 0 Å². The highest BCUT2D eigenvalue weighted by molar-refractivity contribution is 9.10. The van der Waals surface area contributed by atoms with Crippen molar-refractivity contribution in [2.45, 2.75) is 30.7 Å².